The Labute approximate surface area is 152 Å². The molecule has 0 unspecified atom stereocenters. The zero-order valence-corrected chi connectivity index (χ0v) is 15.1. The van der Waals surface area contributed by atoms with Crippen LogP contribution in [0.1, 0.15) is 22.1 Å². The molecule has 1 aromatic heterocycles. The van der Waals surface area contributed by atoms with E-state index in [0.717, 1.165) is 21.7 Å². The zero-order chi connectivity index (χ0) is 17.6. The maximum atomic E-state index is 13.0. The van der Waals surface area contributed by atoms with Crippen LogP contribution in [-0.2, 0) is 4.79 Å². The van der Waals surface area contributed by atoms with Gasteiger partial charge in [-0.05, 0) is 49.2 Å². The van der Waals surface area contributed by atoms with E-state index in [0.29, 0.717) is 5.82 Å². The lowest BCUT2D eigenvalue weighted by Gasteiger charge is -2.17. The summed E-state index contributed by atoms with van der Waals surface area (Å²) in [5.74, 6) is 0.523. The number of aryl methyl sites for hydroxylation is 2. The van der Waals surface area contributed by atoms with Crippen molar-refractivity contribution in [1.82, 2.24) is 4.98 Å². The summed E-state index contributed by atoms with van der Waals surface area (Å²) < 4.78 is 0. The molecule has 3 nitrogen and oxygen atoms in total. The van der Waals surface area contributed by atoms with Crippen LogP contribution in [-0.4, -0.2) is 10.9 Å². The average Bonchev–Trinajstić information content (AvgIpc) is 2.60. The van der Waals surface area contributed by atoms with Crippen LogP contribution in [0.5, 0.6) is 0 Å². The van der Waals surface area contributed by atoms with E-state index in [2.05, 4.69) is 10.3 Å². The van der Waals surface area contributed by atoms with Crippen molar-refractivity contribution in [2.75, 3.05) is 5.32 Å². The average molecular weight is 348 g/mol. The van der Waals surface area contributed by atoms with Crippen molar-refractivity contribution in [2.24, 2.45) is 0 Å². The molecule has 0 aliphatic heterocycles. The number of rotatable bonds is 5. The van der Waals surface area contributed by atoms with Gasteiger partial charge >= 0.3 is 0 Å². The van der Waals surface area contributed by atoms with E-state index >= 15 is 0 Å². The van der Waals surface area contributed by atoms with Gasteiger partial charge in [-0.15, -0.1) is 11.8 Å². The van der Waals surface area contributed by atoms with Crippen LogP contribution in [0.2, 0.25) is 0 Å². The highest BCUT2D eigenvalue weighted by Crippen LogP contribution is 2.36. The van der Waals surface area contributed by atoms with E-state index in [9.17, 15) is 4.79 Å². The minimum absolute atomic E-state index is 0.0717. The maximum Gasteiger partial charge on any atom is 0.243 e. The van der Waals surface area contributed by atoms with E-state index in [1.807, 2.05) is 86.6 Å². The number of aromatic nitrogens is 1. The number of nitrogens with zero attached hydrogens (tertiary/aromatic N) is 1. The van der Waals surface area contributed by atoms with Gasteiger partial charge in [0.05, 0.1) is 0 Å². The smallest absolute Gasteiger partial charge is 0.243 e. The Bertz CT molecular complexity index is 830. The standard InChI is InChI=1S/C21H20N2OS/c1-15-13-16(2)22-19(14-15)23-21(24)20(17-9-5-3-6-10-17)25-18-11-7-4-8-12-18/h3-14,20H,1-2H3,(H,22,23,24)/t20-/m1/s1. The third kappa shape index (κ3) is 4.70. The number of hydrogen-bond acceptors (Lipinski definition) is 3. The molecular formula is C21H20N2OS. The normalized spacial score (nSPS) is 11.8. The fourth-order valence-corrected chi connectivity index (χ4v) is 3.68. The van der Waals surface area contributed by atoms with E-state index in [4.69, 9.17) is 0 Å². The van der Waals surface area contributed by atoms with Gasteiger partial charge in [0.1, 0.15) is 11.1 Å². The second-order valence-corrected chi connectivity index (χ2v) is 7.06. The van der Waals surface area contributed by atoms with Crippen molar-refractivity contribution >= 4 is 23.5 Å². The fourth-order valence-electron chi connectivity index (χ4n) is 2.63. The zero-order valence-electron chi connectivity index (χ0n) is 14.3. The lowest BCUT2D eigenvalue weighted by Crippen LogP contribution is -2.20. The van der Waals surface area contributed by atoms with Crippen molar-refractivity contribution in [3.05, 3.63) is 89.6 Å². The molecule has 126 valence electrons. The van der Waals surface area contributed by atoms with E-state index in [1.54, 1.807) is 0 Å². The van der Waals surface area contributed by atoms with Gasteiger partial charge in [0, 0.05) is 10.6 Å². The summed E-state index contributed by atoms with van der Waals surface area (Å²) in [6.07, 6.45) is 0. The molecule has 0 aliphatic carbocycles. The third-order valence-electron chi connectivity index (χ3n) is 3.69. The number of carbonyl (C=O) groups excluding carboxylic acids is 1. The molecule has 0 aliphatic rings. The van der Waals surface area contributed by atoms with Gasteiger partial charge in [-0.1, -0.05) is 48.5 Å². The molecule has 1 heterocycles. The fraction of sp³-hybridized carbons (Fsp3) is 0.143. The van der Waals surface area contributed by atoms with Crippen LogP contribution >= 0.6 is 11.8 Å². The van der Waals surface area contributed by atoms with Gasteiger partial charge < -0.3 is 5.32 Å². The summed E-state index contributed by atoms with van der Waals surface area (Å²) >= 11 is 1.54. The highest BCUT2D eigenvalue weighted by molar-refractivity contribution is 8.00. The predicted octanol–water partition coefficient (Wildman–Crippen LogP) is 5.17. The SMILES string of the molecule is Cc1cc(C)nc(NC(=O)[C@H](Sc2ccccc2)c2ccccc2)c1. The summed E-state index contributed by atoms with van der Waals surface area (Å²) in [6, 6.07) is 23.7. The van der Waals surface area contributed by atoms with Crippen LogP contribution in [0, 0.1) is 13.8 Å². The first-order valence-electron chi connectivity index (χ1n) is 8.14. The Morgan fingerprint density at radius 2 is 1.60 bits per heavy atom. The van der Waals surface area contributed by atoms with E-state index < -0.39 is 0 Å². The van der Waals surface area contributed by atoms with Crippen LogP contribution in [0.25, 0.3) is 0 Å². The monoisotopic (exact) mass is 348 g/mol. The number of hydrogen-bond donors (Lipinski definition) is 1. The van der Waals surface area contributed by atoms with Gasteiger partial charge in [0.25, 0.3) is 0 Å². The van der Waals surface area contributed by atoms with Crippen molar-refractivity contribution in [3.8, 4) is 0 Å². The Balaban J connectivity index is 1.86. The summed E-state index contributed by atoms with van der Waals surface area (Å²) in [6.45, 7) is 3.92. The molecule has 0 bridgehead atoms. The molecule has 25 heavy (non-hydrogen) atoms. The van der Waals surface area contributed by atoms with Crippen molar-refractivity contribution in [1.29, 1.82) is 0 Å². The Hall–Kier alpha value is -2.59. The second-order valence-electron chi connectivity index (χ2n) is 5.88. The Kier molecular flexibility index (Phi) is 5.51. The number of thioether (sulfide) groups is 1. The molecule has 1 N–H and O–H groups in total. The van der Waals surface area contributed by atoms with Gasteiger partial charge in [0.2, 0.25) is 5.91 Å². The van der Waals surface area contributed by atoms with Crippen LogP contribution < -0.4 is 5.32 Å². The van der Waals surface area contributed by atoms with Crippen LogP contribution in [0.15, 0.2) is 77.7 Å². The molecular weight excluding hydrogens is 328 g/mol. The summed E-state index contributed by atoms with van der Waals surface area (Å²) in [4.78, 5) is 18.4. The predicted molar refractivity (Wildman–Crippen MR) is 104 cm³/mol. The summed E-state index contributed by atoms with van der Waals surface area (Å²) in [7, 11) is 0. The second kappa shape index (κ2) is 7.99. The number of carbonyl (C=O) groups is 1. The Morgan fingerprint density at radius 1 is 0.960 bits per heavy atom. The first-order chi connectivity index (χ1) is 12.1. The number of benzene rings is 2. The lowest BCUT2D eigenvalue weighted by molar-refractivity contribution is -0.115. The molecule has 3 aromatic rings. The summed E-state index contributed by atoms with van der Waals surface area (Å²) in [5.41, 5.74) is 2.94. The quantitative estimate of drug-likeness (QED) is 0.647. The van der Waals surface area contributed by atoms with Crippen molar-refractivity contribution in [2.45, 2.75) is 24.0 Å². The molecule has 4 heteroatoms. The van der Waals surface area contributed by atoms with Gasteiger partial charge in [-0.2, -0.15) is 0 Å². The first-order valence-corrected chi connectivity index (χ1v) is 9.02. The largest absolute Gasteiger partial charge is 0.309 e. The topological polar surface area (TPSA) is 42.0 Å². The molecule has 0 saturated heterocycles. The number of nitrogens with one attached hydrogen (secondary N) is 1. The maximum absolute atomic E-state index is 13.0. The molecule has 1 atom stereocenters. The number of pyridine rings is 1. The van der Waals surface area contributed by atoms with E-state index in [-0.39, 0.29) is 11.2 Å². The minimum atomic E-state index is -0.341. The lowest BCUT2D eigenvalue weighted by atomic mass is 10.1. The first kappa shape index (κ1) is 17.2. The molecule has 0 fully saturated rings. The molecule has 0 saturated carbocycles. The molecule has 0 spiro atoms. The molecule has 2 aromatic carbocycles. The minimum Gasteiger partial charge on any atom is -0.309 e. The summed E-state index contributed by atoms with van der Waals surface area (Å²) in [5, 5.41) is 2.63. The number of anilines is 1. The van der Waals surface area contributed by atoms with Gasteiger partial charge in [-0.3, -0.25) is 4.79 Å². The molecule has 3 rings (SSSR count). The molecule has 1 amide bonds. The van der Waals surface area contributed by atoms with Crippen molar-refractivity contribution in [3.63, 3.8) is 0 Å². The highest BCUT2D eigenvalue weighted by Gasteiger charge is 2.22. The van der Waals surface area contributed by atoms with Crippen LogP contribution in [0.3, 0.4) is 0 Å². The molecule has 0 radical (unpaired) electrons. The Morgan fingerprint density at radius 3 is 2.24 bits per heavy atom. The highest BCUT2D eigenvalue weighted by atomic mass is 32.2. The van der Waals surface area contributed by atoms with Gasteiger partial charge in [-0.25, -0.2) is 4.98 Å². The third-order valence-corrected chi connectivity index (χ3v) is 4.95. The van der Waals surface area contributed by atoms with Crippen LogP contribution in [0.4, 0.5) is 5.82 Å². The van der Waals surface area contributed by atoms with Gasteiger partial charge in [0.15, 0.2) is 0 Å². The van der Waals surface area contributed by atoms with Crippen molar-refractivity contribution < 1.29 is 4.79 Å². The number of amides is 1. The van der Waals surface area contributed by atoms with E-state index in [1.165, 1.54) is 11.8 Å².